The Kier molecular flexibility index (Phi) is 6.17. The predicted molar refractivity (Wildman–Crippen MR) is 93.8 cm³/mol. The molecule has 3 heterocycles. The fourth-order valence-electron chi connectivity index (χ4n) is 3.22. The summed E-state index contributed by atoms with van der Waals surface area (Å²) in [6, 6.07) is 0.0709. The molecule has 0 saturated carbocycles. The standard InChI is InChI=1S/C17H27N5O3/c1-3-5-6-7-8-12(13-9-24-17(25-13)23-4-2)22-11-21-14-15(18)19-10-20-16(14)22/h10-13,17H,3-9H2,1-2H3,(H2,18,19,20)/t12-,13+,17?/m1/s1. The molecule has 1 aliphatic heterocycles. The number of hydrogen-bond acceptors (Lipinski definition) is 7. The SMILES string of the molecule is CCCCCC[C@H]([C@@H]1COC(OCC)O1)n1cnc2c(N)ncnc21. The van der Waals surface area contributed by atoms with Gasteiger partial charge in [0.15, 0.2) is 11.5 Å². The van der Waals surface area contributed by atoms with Crippen molar-refractivity contribution in [2.45, 2.75) is 64.6 Å². The Bertz CT molecular complexity index is 677. The Morgan fingerprint density at radius 1 is 1.28 bits per heavy atom. The van der Waals surface area contributed by atoms with Crippen LogP contribution in [0.15, 0.2) is 12.7 Å². The first-order chi connectivity index (χ1) is 12.2. The summed E-state index contributed by atoms with van der Waals surface area (Å²) < 4.78 is 19.0. The lowest BCUT2D eigenvalue weighted by molar-refractivity contribution is -0.237. The third-order valence-corrected chi connectivity index (χ3v) is 4.51. The Hall–Kier alpha value is -1.77. The molecule has 0 aromatic carbocycles. The van der Waals surface area contributed by atoms with Crippen molar-refractivity contribution in [3.8, 4) is 0 Å². The third-order valence-electron chi connectivity index (χ3n) is 4.51. The molecule has 25 heavy (non-hydrogen) atoms. The number of unbranched alkanes of at least 4 members (excludes halogenated alkanes) is 3. The lowest BCUT2D eigenvalue weighted by Gasteiger charge is -2.24. The molecule has 1 unspecified atom stereocenters. The summed E-state index contributed by atoms with van der Waals surface area (Å²) in [6.45, 7) is 4.58. The molecule has 0 radical (unpaired) electrons. The minimum atomic E-state index is -0.595. The summed E-state index contributed by atoms with van der Waals surface area (Å²) in [5.74, 6) is 0.393. The summed E-state index contributed by atoms with van der Waals surface area (Å²) in [6.07, 6.45) is 8.84. The van der Waals surface area contributed by atoms with Crippen LogP contribution in [0.1, 0.15) is 52.0 Å². The molecule has 3 atom stereocenters. The van der Waals surface area contributed by atoms with Crippen molar-refractivity contribution in [2.24, 2.45) is 0 Å². The van der Waals surface area contributed by atoms with Crippen LogP contribution < -0.4 is 5.73 Å². The van der Waals surface area contributed by atoms with E-state index < -0.39 is 6.48 Å². The number of hydrogen-bond donors (Lipinski definition) is 1. The zero-order valence-corrected chi connectivity index (χ0v) is 14.9. The number of nitrogens with two attached hydrogens (primary N) is 1. The molecule has 0 bridgehead atoms. The summed E-state index contributed by atoms with van der Waals surface area (Å²) in [5, 5.41) is 0. The largest absolute Gasteiger partial charge is 0.382 e. The maximum atomic E-state index is 5.96. The Morgan fingerprint density at radius 3 is 2.96 bits per heavy atom. The van der Waals surface area contributed by atoms with E-state index in [1.807, 2.05) is 11.5 Å². The predicted octanol–water partition coefficient (Wildman–Crippen LogP) is 2.66. The van der Waals surface area contributed by atoms with E-state index in [0.717, 1.165) is 18.5 Å². The van der Waals surface area contributed by atoms with Gasteiger partial charge in [-0.2, -0.15) is 0 Å². The highest BCUT2D eigenvalue weighted by molar-refractivity contribution is 5.81. The van der Waals surface area contributed by atoms with E-state index in [0.29, 0.717) is 24.5 Å². The molecule has 2 aromatic heterocycles. The van der Waals surface area contributed by atoms with Crippen LogP contribution >= 0.6 is 0 Å². The van der Waals surface area contributed by atoms with Crippen LogP contribution in [0.2, 0.25) is 0 Å². The van der Waals surface area contributed by atoms with E-state index >= 15 is 0 Å². The van der Waals surface area contributed by atoms with E-state index in [2.05, 4.69) is 21.9 Å². The molecule has 138 valence electrons. The zero-order chi connectivity index (χ0) is 17.6. The van der Waals surface area contributed by atoms with Crippen molar-refractivity contribution < 1.29 is 14.2 Å². The zero-order valence-electron chi connectivity index (χ0n) is 14.9. The van der Waals surface area contributed by atoms with E-state index in [4.69, 9.17) is 19.9 Å². The number of imidazole rings is 1. The van der Waals surface area contributed by atoms with E-state index in [-0.39, 0.29) is 12.1 Å². The number of anilines is 1. The van der Waals surface area contributed by atoms with Crippen molar-refractivity contribution in [1.82, 2.24) is 19.5 Å². The van der Waals surface area contributed by atoms with Gasteiger partial charge >= 0.3 is 0 Å². The van der Waals surface area contributed by atoms with Gasteiger partial charge < -0.3 is 24.5 Å². The maximum absolute atomic E-state index is 5.96. The van der Waals surface area contributed by atoms with Crippen LogP contribution in [-0.2, 0) is 14.2 Å². The summed E-state index contributed by atoms with van der Waals surface area (Å²) >= 11 is 0. The van der Waals surface area contributed by atoms with E-state index in [9.17, 15) is 0 Å². The molecule has 0 aliphatic carbocycles. The van der Waals surface area contributed by atoms with Crippen molar-refractivity contribution in [3.63, 3.8) is 0 Å². The molecular weight excluding hydrogens is 322 g/mol. The quantitative estimate of drug-likeness (QED) is 0.695. The van der Waals surface area contributed by atoms with E-state index in [1.54, 1.807) is 6.33 Å². The molecule has 8 nitrogen and oxygen atoms in total. The highest BCUT2D eigenvalue weighted by Crippen LogP contribution is 2.31. The van der Waals surface area contributed by atoms with Gasteiger partial charge in [0.05, 0.1) is 19.0 Å². The van der Waals surface area contributed by atoms with Gasteiger partial charge in [-0.1, -0.05) is 32.6 Å². The molecule has 1 fully saturated rings. The lowest BCUT2D eigenvalue weighted by Crippen LogP contribution is -2.27. The molecule has 1 aliphatic rings. The van der Waals surface area contributed by atoms with Gasteiger partial charge in [-0.05, 0) is 13.3 Å². The van der Waals surface area contributed by atoms with Crippen molar-refractivity contribution in [1.29, 1.82) is 0 Å². The van der Waals surface area contributed by atoms with Crippen LogP contribution in [0.4, 0.5) is 5.82 Å². The first kappa shape index (κ1) is 18.0. The monoisotopic (exact) mass is 349 g/mol. The number of aromatic nitrogens is 4. The molecular formula is C17H27N5O3. The molecule has 0 amide bonds. The normalized spacial score (nSPS) is 21.8. The van der Waals surface area contributed by atoms with Gasteiger partial charge in [-0.25, -0.2) is 15.0 Å². The summed E-state index contributed by atoms with van der Waals surface area (Å²) in [7, 11) is 0. The topological polar surface area (TPSA) is 97.3 Å². The van der Waals surface area contributed by atoms with Gasteiger partial charge in [0.2, 0.25) is 0 Å². The van der Waals surface area contributed by atoms with E-state index in [1.165, 1.54) is 25.6 Å². The van der Waals surface area contributed by atoms with Crippen LogP contribution in [0.25, 0.3) is 11.2 Å². The number of fused-ring (bicyclic) bond motifs is 1. The Balaban J connectivity index is 1.81. The highest BCUT2D eigenvalue weighted by atomic mass is 16.9. The molecule has 1 saturated heterocycles. The Morgan fingerprint density at radius 2 is 2.16 bits per heavy atom. The first-order valence-corrected chi connectivity index (χ1v) is 9.06. The van der Waals surface area contributed by atoms with Crippen molar-refractivity contribution in [3.05, 3.63) is 12.7 Å². The van der Waals surface area contributed by atoms with Gasteiger partial charge in [0.25, 0.3) is 6.48 Å². The second-order valence-corrected chi connectivity index (χ2v) is 6.25. The fourth-order valence-corrected chi connectivity index (χ4v) is 3.22. The average Bonchev–Trinajstić information content (AvgIpc) is 3.24. The van der Waals surface area contributed by atoms with Crippen LogP contribution in [-0.4, -0.2) is 45.3 Å². The van der Waals surface area contributed by atoms with Crippen LogP contribution in [0, 0.1) is 0 Å². The van der Waals surface area contributed by atoms with Gasteiger partial charge in [0, 0.05) is 6.61 Å². The first-order valence-electron chi connectivity index (χ1n) is 9.06. The summed E-state index contributed by atoms with van der Waals surface area (Å²) in [4.78, 5) is 12.8. The second-order valence-electron chi connectivity index (χ2n) is 6.25. The second kappa shape index (κ2) is 8.55. The highest BCUT2D eigenvalue weighted by Gasteiger charge is 2.34. The molecule has 8 heteroatoms. The lowest BCUT2D eigenvalue weighted by atomic mass is 10.0. The van der Waals surface area contributed by atoms with Crippen LogP contribution in [0.5, 0.6) is 0 Å². The minimum absolute atomic E-state index is 0.0709. The third kappa shape index (κ3) is 4.08. The maximum Gasteiger partial charge on any atom is 0.272 e. The van der Waals surface area contributed by atoms with Crippen LogP contribution in [0.3, 0.4) is 0 Å². The molecule has 2 aromatic rings. The van der Waals surface area contributed by atoms with Gasteiger partial charge in [-0.15, -0.1) is 0 Å². The Labute approximate surface area is 147 Å². The average molecular weight is 349 g/mol. The van der Waals surface area contributed by atoms with Crippen molar-refractivity contribution >= 4 is 17.0 Å². The molecule has 2 N–H and O–H groups in total. The van der Waals surface area contributed by atoms with Crippen molar-refractivity contribution in [2.75, 3.05) is 18.9 Å². The number of nitrogens with zero attached hydrogens (tertiary/aromatic N) is 4. The molecule has 0 spiro atoms. The summed E-state index contributed by atoms with van der Waals surface area (Å²) in [5.41, 5.74) is 7.28. The smallest absolute Gasteiger partial charge is 0.272 e. The van der Waals surface area contributed by atoms with Gasteiger partial charge in [0.1, 0.15) is 17.9 Å². The number of rotatable bonds is 9. The van der Waals surface area contributed by atoms with Gasteiger partial charge in [-0.3, -0.25) is 0 Å². The fraction of sp³-hybridized carbons (Fsp3) is 0.706. The molecule has 3 rings (SSSR count). The minimum Gasteiger partial charge on any atom is -0.382 e. The number of ether oxygens (including phenoxy) is 3. The number of nitrogen functional groups attached to an aromatic ring is 1.